The summed E-state index contributed by atoms with van der Waals surface area (Å²) >= 11 is 0. The van der Waals surface area contributed by atoms with Crippen molar-refractivity contribution in [2.75, 3.05) is 19.6 Å². The maximum Gasteiger partial charge on any atom is 0.223 e. The van der Waals surface area contributed by atoms with E-state index in [1.807, 2.05) is 0 Å². The van der Waals surface area contributed by atoms with E-state index in [0.29, 0.717) is 0 Å². The van der Waals surface area contributed by atoms with Crippen molar-refractivity contribution in [2.45, 2.75) is 19.3 Å². The molecule has 2 rings (SSSR count). The maximum atomic E-state index is 13.4. The highest BCUT2D eigenvalue weighted by Crippen LogP contribution is 2.13. The fourth-order valence-electron chi connectivity index (χ4n) is 2.31. The van der Waals surface area contributed by atoms with Crippen LogP contribution in [0.15, 0.2) is 18.2 Å². The van der Waals surface area contributed by atoms with Gasteiger partial charge in [0, 0.05) is 18.0 Å². The van der Waals surface area contributed by atoms with Crippen LogP contribution in [0.5, 0.6) is 0 Å². The summed E-state index contributed by atoms with van der Waals surface area (Å²) in [6, 6.07) is 3.79. The number of benzene rings is 1. The van der Waals surface area contributed by atoms with Crippen LogP contribution < -0.4 is 10.6 Å². The minimum atomic E-state index is -0.559. The summed E-state index contributed by atoms with van der Waals surface area (Å²) in [4.78, 5) is 11.8. The van der Waals surface area contributed by atoms with Crippen molar-refractivity contribution in [3.05, 3.63) is 35.4 Å². The SMILES string of the molecule is O=C(NCCc1c(F)cccc1F)C1CCNCC1. The van der Waals surface area contributed by atoms with E-state index >= 15 is 0 Å². The van der Waals surface area contributed by atoms with Crippen LogP contribution in [0.3, 0.4) is 0 Å². The summed E-state index contributed by atoms with van der Waals surface area (Å²) in [6.45, 7) is 1.96. The molecule has 3 nitrogen and oxygen atoms in total. The van der Waals surface area contributed by atoms with Gasteiger partial charge in [-0.15, -0.1) is 0 Å². The van der Waals surface area contributed by atoms with Gasteiger partial charge in [-0.3, -0.25) is 4.79 Å². The van der Waals surface area contributed by atoms with Crippen molar-refractivity contribution in [3.8, 4) is 0 Å². The Morgan fingerprint density at radius 3 is 2.53 bits per heavy atom. The predicted octanol–water partition coefficient (Wildman–Crippen LogP) is 1.62. The summed E-state index contributed by atoms with van der Waals surface area (Å²) < 4.78 is 26.7. The minimum absolute atomic E-state index is 0.0155. The van der Waals surface area contributed by atoms with E-state index in [4.69, 9.17) is 0 Å². The number of amides is 1. The molecular weight excluding hydrogens is 250 g/mol. The van der Waals surface area contributed by atoms with E-state index in [0.717, 1.165) is 25.9 Å². The maximum absolute atomic E-state index is 13.4. The van der Waals surface area contributed by atoms with Gasteiger partial charge in [-0.1, -0.05) is 6.07 Å². The molecule has 0 aliphatic carbocycles. The molecular formula is C14H18F2N2O. The number of piperidine rings is 1. The lowest BCUT2D eigenvalue weighted by Crippen LogP contribution is -2.38. The normalized spacial score (nSPS) is 16.3. The van der Waals surface area contributed by atoms with Gasteiger partial charge in [-0.2, -0.15) is 0 Å². The standard InChI is InChI=1S/C14H18F2N2O/c15-12-2-1-3-13(16)11(12)6-9-18-14(19)10-4-7-17-8-5-10/h1-3,10,17H,4-9H2,(H,18,19). The quantitative estimate of drug-likeness (QED) is 0.871. The number of nitrogens with one attached hydrogen (secondary N) is 2. The van der Waals surface area contributed by atoms with Gasteiger partial charge in [0.1, 0.15) is 11.6 Å². The minimum Gasteiger partial charge on any atom is -0.356 e. The molecule has 1 fully saturated rings. The molecule has 1 aliphatic heterocycles. The van der Waals surface area contributed by atoms with Crippen LogP contribution in [-0.4, -0.2) is 25.5 Å². The van der Waals surface area contributed by atoms with E-state index in [2.05, 4.69) is 10.6 Å². The molecule has 0 unspecified atom stereocenters. The highest BCUT2D eigenvalue weighted by molar-refractivity contribution is 5.78. The summed E-state index contributed by atoms with van der Waals surface area (Å²) in [7, 11) is 0. The Labute approximate surface area is 111 Å². The number of hydrogen-bond donors (Lipinski definition) is 2. The predicted molar refractivity (Wildman–Crippen MR) is 68.7 cm³/mol. The third-order valence-corrected chi connectivity index (χ3v) is 3.45. The summed E-state index contributed by atoms with van der Waals surface area (Å²) in [5, 5.41) is 5.94. The van der Waals surface area contributed by atoms with E-state index in [1.165, 1.54) is 18.2 Å². The summed E-state index contributed by atoms with van der Waals surface area (Å²) in [5.41, 5.74) is 0.0353. The van der Waals surface area contributed by atoms with E-state index < -0.39 is 11.6 Å². The Hall–Kier alpha value is -1.49. The number of carbonyl (C=O) groups excluding carboxylic acids is 1. The van der Waals surface area contributed by atoms with Gasteiger partial charge in [0.2, 0.25) is 5.91 Å². The van der Waals surface area contributed by atoms with Crippen LogP contribution in [0, 0.1) is 17.6 Å². The molecule has 1 aromatic rings. The smallest absolute Gasteiger partial charge is 0.223 e. The first kappa shape index (κ1) is 13.9. The van der Waals surface area contributed by atoms with Crippen LogP contribution in [0.25, 0.3) is 0 Å². The van der Waals surface area contributed by atoms with Crippen molar-refractivity contribution in [3.63, 3.8) is 0 Å². The molecule has 2 N–H and O–H groups in total. The van der Waals surface area contributed by atoms with Gasteiger partial charge >= 0.3 is 0 Å². The van der Waals surface area contributed by atoms with Crippen LogP contribution in [0.2, 0.25) is 0 Å². The molecule has 1 saturated heterocycles. The Morgan fingerprint density at radius 1 is 1.26 bits per heavy atom. The van der Waals surface area contributed by atoms with Crippen LogP contribution in [0.1, 0.15) is 18.4 Å². The average Bonchev–Trinajstić information content (AvgIpc) is 2.43. The molecule has 1 aromatic carbocycles. The zero-order chi connectivity index (χ0) is 13.7. The van der Waals surface area contributed by atoms with Crippen LogP contribution >= 0.6 is 0 Å². The highest BCUT2D eigenvalue weighted by Gasteiger charge is 2.20. The van der Waals surface area contributed by atoms with Crippen molar-refractivity contribution in [2.24, 2.45) is 5.92 Å². The van der Waals surface area contributed by atoms with Crippen molar-refractivity contribution < 1.29 is 13.6 Å². The van der Waals surface area contributed by atoms with E-state index in [-0.39, 0.29) is 30.4 Å². The van der Waals surface area contributed by atoms with Gasteiger partial charge in [0.15, 0.2) is 0 Å². The first-order valence-electron chi connectivity index (χ1n) is 6.60. The Bertz CT molecular complexity index is 425. The van der Waals surface area contributed by atoms with Gasteiger partial charge in [0.05, 0.1) is 0 Å². The van der Waals surface area contributed by atoms with Crippen LogP contribution in [0.4, 0.5) is 8.78 Å². The molecule has 0 bridgehead atoms. The molecule has 1 aliphatic rings. The van der Waals surface area contributed by atoms with Crippen molar-refractivity contribution >= 4 is 5.91 Å². The van der Waals surface area contributed by atoms with E-state index in [1.54, 1.807) is 0 Å². The third kappa shape index (κ3) is 3.73. The van der Waals surface area contributed by atoms with Gasteiger partial charge < -0.3 is 10.6 Å². The molecule has 104 valence electrons. The number of rotatable bonds is 4. The number of halogens is 2. The summed E-state index contributed by atoms with van der Waals surface area (Å²) in [6.07, 6.45) is 1.81. The molecule has 0 atom stereocenters. The molecule has 0 radical (unpaired) electrons. The Morgan fingerprint density at radius 2 is 1.89 bits per heavy atom. The molecule has 0 spiro atoms. The lowest BCUT2D eigenvalue weighted by atomic mass is 9.97. The molecule has 19 heavy (non-hydrogen) atoms. The zero-order valence-corrected chi connectivity index (χ0v) is 10.7. The van der Waals surface area contributed by atoms with Gasteiger partial charge in [0.25, 0.3) is 0 Å². The fraction of sp³-hybridized carbons (Fsp3) is 0.500. The van der Waals surface area contributed by atoms with Crippen LogP contribution in [-0.2, 0) is 11.2 Å². The molecule has 0 aromatic heterocycles. The molecule has 1 amide bonds. The lowest BCUT2D eigenvalue weighted by molar-refractivity contribution is -0.125. The zero-order valence-electron chi connectivity index (χ0n) is 10.7. The molecule has 1 heterocycles. The number of carbonyl (C=O) groups is 1. The second kappa shape index (κ2) is 6.61. The molecule has 0 saturated carbocycles. The van der Waals surface area contributed by atoms with E-state index in [9.17, 15) is 13.6 Å². The summed E-state index contributed by atoms with van der Waals surface area (Å²) in [5.74, 6) is -1.11. The molecule has 5 heteroatoms. The Balaban J connectivity index is 1.81. The highest BCUT2D eigenvalue weighted by atomic mass is 19.1. The first-order valence-corrected chi connectivity index (χ1v) is 6.60. The van der Waals surface area contributed by atoms with Crippen molar-refractivity contribution in [1.82, 2.24) is 10.6 Å². The van der Waals surface area contributed by atoms with Crippen molar-refractivity contribution in [1.29, 1.82) is 0 Å². The third-order valence-electron chi connectivity index (χ3n) is 3.45. The number of hydrogen-bond acceptors (Lipinski definition) is 2. The Kier molecular flexibility index (Phi) is 4.85. The largest absolute Gasteiger partial charge is 0.356 e. The topological polar surface area (TPSA) is 41.1 Å². The fourth-order valence-corrected chi connectivity index (χ4v) is 2.31. The second-order valence-electron chi connectivity index (χ2n) is 4.77. The van der Waals surface area contributed by atoms with Gasteiger partial charge in [-0.25, -0.2) is 8.78 Å². The second-order valence-corrected chi connectivity index (χ2v) is 4.77. The lowest BCUT2D eigenvalue weighted by Gasteiger charge is -2.21. The average molecular weight is 268 g/mol. The monoisotopic (exact) mass is 268 g/mol. The first-order chi connectivity index (χ1) is 9.18. The van der Waals surface area contributed by atoms with Gasteiger partial charge in [-0.05, 0) is 44.5 Å².